The number of hydrogen-bond acceptors (Lipinski definition) is 4. The highest BCUT2D eigenvalue weighted by Crippen LogP contribution is 2.31. The summed E-state index contributed by atoms with van der Waals surface area (Å²) >= 11 is 0. The first-order valence-corrected chi connectivity index (χ1v) is 7.98. The summed E-state index contributed by atoms with van der Waals surface area (Å²) in [5.74, 6) is 0.0883. The van der Waals surface area contributed by atoms with Crippen LogP contribution >= 0.6 is 0 Å². The van der Waals surface area contributed by atoms with E-state index in [1.165, 1.54) is 43.5 Å². The first kappa shape index (κ1) is 20.8. The quantitative estimate of drug-likeness (QED) is 0.719. The van der Waals surface area contributed by atoms with E-state index in [1.807, 2.05) is 0 Å². The lowest BCUT2D eigenvalue weighted by Gasteiger charge is -2.18. The lowest BCUT2D eigenvalue weighted by Crippen LogP contribution is -2.29. The molecule has 0 aliphatic carbocycles. The molecular weight excluding hydrogens is 377 g/mol. The summed E-state index contributed by atoms with van der Waals surface area (Å²) in [5.41, 5.74) is -0.558. The number of rotatable bonds is 5. The number of carbonyl (C=O) groups is 2. The second kappa shape index (κ2) is 8.94. The topological polar surface area (TPSA) is 67.9 Å². The molecule has 6 nitrogen and oxygen atoms in total. The maximum atomic E-state index is 12.8. The molecule has 0 bridgehead atoms. The fraction of sp³-hybridized carbons (Fsp3) is 0.158. The standard InChI is InChI=1S/C19H17F3N2O4/c1-3-10-27-17(25)23-14-7-5-9-16(12-14)28-18(26)24(2)15-8-4-6-13(11-15)19(20,21)22/h3-9,11-12H,1,10H2,2H3,(H,23,25). The van der Waals surface area contributed by atoms with Gasteiger partial charge in [0.2, 0.25) is 0 Å². The molecule has 0 heterocycles. The first-order chi connectivity index (χ1) is 13.2. The minimum Gasteiger partial charge on any atom is -0.445 e. The largest absolute Gasteiger partial charge is 0.445 e. The van der Waals surface area contributed by atoms with Crippen LogP contribution in [0.25, 0.3) is 0 Å². The van der Waals surface area contributed by atoms with Crippen molar-refractivity contribution in [2.24, 2.45) is 0 Å². The van der Waals surface area contributed by atoms with Gasteiger partial charge in [0.25, 0.3) is 0 Å². The van der Waals surface area contributed by atoms with Gasteiger partial charge in [-0.25, -0.2) is 9.59 Å². The van der Waals surface area contributed by atoms with Crippen LogP contribution in [0.4, 0.5) is 34.1 Å². The zero-order valence-corrected chi connectivity index (χ0v) is 14.8. The smallest absolute Gasteiger partial charge is 0.419 e. The minimum absolute atomic E-state index is 0.0158. The molecule has 9 heteroatoms. The third-order valence-electron chi connectivity index (χ3n) is 3.45. The van der Waals surface area contributed by atoms with Crippen LogP contribution in [0.1, 0.15) is 5.56 Å². The van der Waals surface area contributed by atoms with E-state index < -0.39 is 23.9 Å². The fourth-order valence-corrected chi connectivity index (χ4v) is 2.09. The highest BCUT2D eigenvalue weighted by molar-refractivity contribution is 5.89. The molecule has 1 N–H and O–H groups in total. The molecule has 2 aromatic rings. The molecule has 0 radical (unpaired) electrons. The molecule has 0 unspecified atom stereocenters. The highest BCUT2D eigenvalue weighted by Gasteiger charge is 2.31. The van der Waals surface area contributed by atoms with Crippen molar-refractivity contribution >= 4 is 23.6 Å². The zero-order chi connectivity index (χ0) is 20.7. The summed E-state index contributed by atoms with van der Waals surface area (Å²) in [6, 6.07) is 10.2. The molecule has 2 rings (SSSR count). The second-order valence-electron chi connectivity index (χ2n) is 5.52. The van der Waals surface area contributed by atoms with E-state index in [-0.39, 0.29) is 18.0 Å². The summed E-state index contributed by atoms with van der Waals surface area (Å²) in [6.45, 7) is 3.45. The maximum absolute atomic E-state index is 12.8. The van der Waals surface area contributed by atoms with E-state index in [0.717, 1.165) is 17.0 Å². The molecule has 0 aliphatic heterocycles. The van der Waals surface area contributed by atoms with Gasteiger partial charge in [-0.05, 0) is 30.3 Å². The Morgan fingerprint density at radius 2 is 1.89 bits per heavy atom. The van der Waals surface area contributed by atoms with Crippen LogP contribution in [-0.2, 0) is 10.9 Å². The number of alkyl halides is 3. The Hall–Kier alpha value is -3.49. The van der Waals surface area contributed by atoms with Gasteiger partial charge in [-0.1, -0.05) is 24.8 Å². The van der Waals surface area contributed by atoms with E-state index in [4.69, 9.17) is 9.47 Å². The molecule has 0 saturated heterocycles. The van der Waals surface area contributed by atoms with Gasteiger partial charge in [-0.15, -0.1) is 0 Å². The molecule has 0 aromatic heterocycles. The van der Waals surface area contributed by atoms with Crippen molar-refractivity contribution in [2.45, 2.75) is 6.18 Å². The Labute approximate surface area is 159 Å². The predicted octanol–water partition coefficient (Wildman–Crippen LogP) is 5.08. The lowest BCUT2D eigenvalue weighted by atomic mass is 10.2. The van der Waals surface area contributed by atoms with Crippen LogP contribution in [0.15, 0.2) is 61.2 Å². The Balaban J connectivity index is 2.07. The van der Waals surface area contributed by atoms with Crippen LogP contribution in [0.5, 0.6) is 5.75 Å². The first-order valence-electron chi connectivity index (χ1n) is 7.98. The van der Waals surface area contributed by atoms with Crippen molar-refractivity contribution in [1.29, 1.82) is 0 Å². The van der Waals surface area contributed by atoms with Crippen molar-refractivity contribution in [3.8, 4) is 5.75 Å². The van der Waals surface area contributed by atoms with Crippen molar-refractivity contribution < 1.29 is 32.2 Å². The number of benzene rings is 2. The Kier molecular flexibility index (Phi) is 6.64. The number of amides is 2. The molecule has 28 heavy (non-hydrogen) atoms. The number of anilines is 2. The van der Waals surface area contributed by atoms with Gasteiger partial charge in [-0.3, -0.25) is 10.2 Å². The second-order valence-corrected chi connectivity index (χ2v) is 5.52. The van der Waals surface area contributed by atoms with Crippen molar-refractivity contribution in [1.82, 2.24) is 0 Å². The number of nitrogens with one attached hydrogen (secondary N) is 1. The van der Waals surface area contributed by atoms with Crippen LogP contribution < -0.4 is 15.0 Å². The lowest BCUT2D eigenvalue weighted by molar-refractivity contribution is -0.137. The summed E-state index contributed by atoms with van der Waals surface area (Å²) in [6.07, 6.45) is -4.74. The van der Waals surface area contributed by atoms with E-state index in [9.17, 15) is 22.8 Å². The van der Waals surface area contributed by atoms with E-state index >= 15 is 0 Å². The Bertz CT molecular complexity index is 868. The molecule has 0 spiro atoms. The molecule has 0 atom stereocenters. The number of carbonyl (C=O) groups excluding carboxylic acids is 2. The normalized spacial score (nSPS) is 10.7. The monoisotopic (exact) mass is 394 g/mol. The summed E-state index contributed by atoms with van der Waals surface area (Å²) < 4.78 is 48.4. The van der Waals surface area contributed by atoms with Gasteiger partial charge in [-0.2, -0.15) is 13.2 Å². The van der Waals surface area contributed by atoms with Crippen molar-refractivity contribution in [3.63, 3.8) is 0 Å². The van der Waals surface area contributed by atoms with Gasteiger partial charge in [0.05, 0.1) is 5.56 Å². The van der Waals surface area contributed by atoms with Gasteiger partial charge in [0, 0.05) is 24.5 Å². The van der Waals surface area contributed by atoms with E-state index in [1.54, 1.807) is 6.07 Å². The maximum Gasteiger partial charge on any atom is 0.419 e. The number of ether oxygens (including phenoxy) is 2. The molecule has 0 fully saturated rings. The molecular formula is C19H17F3N2O4. The fourth-order valence-electron chi connectivity index (χ4n) is 2.09. The van der Waals surface area contributed by atoms with E-state index in [0.29, 0.717) is 5.69 Å². The number of nitrogens with zero attached hydrogens (tertiary/aromatic N) is 1. The summed E-state index contributed by atoms with van der Waals surface area (Å²) in [5, 5.41) is 2.44. The van der Waals surface area contributed by atoms with Gasteiger partial charge in [0.15, 0.2) is 0 Å². The predicted molar refractivity (Wildman–Crippen MR) is 97.5 cm³/mol. The number of hydrogen-bond donors (Lipinski definition) is 1. The van der Waals surface area contributed by atoms with Gasteiger partial charge >= 0.3 is 18.4 Å². The van der Waals surface area contributed by atoms with Crippen molar-refractivity contribution in [2.75, 3.05) is 23.9 Å². The average molecular weight is 394 g/mol. The molecule has 0 saturated carbocycles. The highest BCUT2D eigenvalue weighted by atomic mass is 19.4. The number of halogens is 3. The van der Waals surface area contributed by atoms with Crippen LogP contribution in [0.3, 0.4) is 0 Å². The third-order valence-corrected chi connectivity index (χ3v) is 3.45. The van der Waals surface area contributed by atoms with Crippen LogP contribution in [0.2, 0.25) is 0 Å². The Morgan fingerprint density at radius 3 is 2.57 bits per heavy atom. The SMILES string of the molecule is C=CCOC(=O)Nc1cccc(OC(=O)N(C)c2cccc(C(F)(F)F)c2)c1. The molecule has 0 aliphatic rings. The van der Waals surface area contributed by atoms with Crippen LogP contribution in [-0.4, -0.2) is 25.8 Å². The summed E-state index contributed by atoms with van der Waals surface area (Å²) in [7, 11) is 1.28. The van der Waals surface area contributed by atoms with E-state index in [2.05, 4.69) is 11.9 Å². The van der Waals surface area contributed by atoms with Crippen LogP contribution in [0, 0.1) is 0 Å². The summed E-state index contributed by atoms with van der Waals surface area (Å²) in [4.78, 5) is 24.7. The molecule has 2 amide bonds. The minimum atomic E-state index is -4.53. The van der Waals surface area contributed by atoms with Crippen molar-refractivity contribution in [3.05, 3.63) is 66.7 Å². The zero-order valence-electron chi connectivity index (χ0n) is 14.8. The van der Waals surface area contributed by atoms with Gasteiger partial charge in [0.1, 0.15) is 12.4 Å². The third kappa shape index (κ3) is 5.76. The molecule has 2 aromatic carbocycles. The molecule has 148 valence electrons. The average Bonchev–Trinajstić information content (AvgIpc) is 2.65. The van der Waals surface area contributed by atoms with Gasteiger partial charge < -0.3 is 9.47 Å². The Morgan fingerprint density at radius 1 is 1.18 bits per heavy atom.